The zero-order valence-corrected chi connectivity index (χ0v) is 23.8. The minimum atomic E-state index is -1.03. The molecule has 0 aliphatic carbocycles. The van der Waals surface area contributed by atoms with Crippen LogP contribution in [-0.4, -0.2) is 49.1 Å². The molecule has 10 heteroatoms. The number of methoxy groups -OCH3 is 1. The van der Waals surface area contributed by atoms with Crippen LogP contribution in [0, 0.1) is 15.5 Å². The summed E-state index contributed by atoms with van der Waals surface area (Å²) in [5, 5.41) is 14.5. The van der Waals surface area contributed by atoms with Gasteiger partial charge < -0.3 is 19.7 Å². The molecule has 9 nitrogen and oxygen atoms in total. The number of halogens is 1. The van der Waals surface area contributed by atoms with Gasteiger partial charge >= 0.3 is 11.9 Å². The molecule has 0 aromatic heterocycles. The molecule has 0 saturated heterocycles. The van der Waals surface area contributed by atoms with E-state index in [0.717, 1.165) is 6.54 Å². The second-order valence-corrected chi connectivity index (χ2v) is 10.8. The van der Waals surface area contributed by atoms with Crippen LogP contribution in [0.2, 0.25) is 5.02 Å². The van der Waals surface area contributed by atoms with Crippen molar-refractivity contribution in [3.8, 4) is 0 Å². The van der Waals surface area contributed by atoms with Crippen molar-refractivity contribution in [3.05, 3.63) is 97.3 Å². The van der Waals surface area contributed by atoms with E-state index in [1.54, 1.807) is 19.9 Å². The summed E-state index contributed by atoms with van der Waals surface area (Å²) >= 11 is 6.47. The fraction of sp³-hybridized carbons (Fsp3) is 0.379. The van der Waals surface area contributed by atoms with Gasteiger partial charge in [0.1, 0.15) is 5.02 Å². The highest BCUT2D eigenvalue weighted by Gasteiger charge is 2.40. The zero-order valence-electron chi connectivity index (χ0n) is 23.0. The number of hydrogen-bond donors (Lipinski definition) is 1. The monoisotopic (exact) mass is 555 g/mol. The Bertz CT molecular complexity index is 1320. The maximum absolute atomic E-state index is 13.6. The molecule has 0 radical (unpaired) electrons. The SMILES string of the molecule is COC(=O)C1=C(C)NC(C)=C(C(=O)OCC(C)(C)CN(C)Cc2ccccc2)C1c1cccc([N+](=O)[O-])c1Cl. The molecule has 1 N–H and O–H groups in total. The van der Waals surface area contributed by atoms with Gasteiger partial charge in [-0.2, -0.15) is 0 Å². The largest absolute Gasteiger partial charge is 0.466 e. The Balaban J connectivity index is 1.89. The van der Waals surface area contributed by atoms with Crippen LogP contribution in [0.15, 0.2) is 71.1 Å². The quantitative estimate of drug-likeness (QED) is 0.237. The van der Waals surface area contributed by atoms with Crippen molar-refractivity contribution in [1.29, 1.82) is 0 Å². The molecule has 2 aromatic rings. The van der Waals surface area contributed by atoms with Gasteiger partial charge in [-0.1, -0.05) is 67.9 Å². The van der Waals surface area contributed by atoms with Crippen molar-refractivity contribution in [2.45, 2.75) is 40.2 Å². The first-order chi connectivity index (χ1) is 18.4. The van der Waals surface area contributed by atoms with Crippen LogP contribution in [0.25, 0.3) is 0 Å². The fourth-order valence-electron chi connectivity index (χ4n) is 4.92. The Morgan fingerprint density at radius 2 is 1.67 bits per heavy atom. The van der Waals surface area contributed by atoms with Crippen molar-refractivity contribution < 1.29 is 24.0 Å². The molecule has 0 spiro atoms. The normalized spacial score (nSPS) is 15.7. The standard InChI is InChI=1S/C29H34ClN3O6/c1-18-23(27(34)38-6)25(21-13-10-14-22(26(21)30)33(36)37)24(19(2)31-18)28(35)39-17-29(3,4)16-32(5)15-20-11-8-7-9-12-20/h7-14,25,31H,15-17H2,1-6H3. The van der Waals surface area contributed by atoms with Crippen LogP contribution in [-0.2, 0) is 25.6 Å². The third-order valence-electron chi connectivity index (χ3n) is 6.49. The number of carbonyl (C=O) groups is 2. The number of benzene rings is 2. The van der Waals surface area contributed by atoms with E-state index in [9.17, 15) is 19.7 Å². The third kappa shape index (κ3) is 7.04. The van der Waals surface area contributed by atoms with Gasteiger partial charge in [0.15, 0.2) is 0 Å². The van der Waals surface area contributed by atoms with E-state index in [4.69, 9.17) is 21.1 Å². The van der Waals surface area contributed by atoms with E-state index in [2.05, 4.69) is 22.3 Å². The third-order valence-corrected chi connectivity index (χ3v) is 6.90. The van der Waals surface area contributed by atoms with E-state index < -0.39 is 28.2 Å². The maximum atomic E-state index is 13.6. The zero-order chi connectivity index (χ0) is 28.9. The summed E-state index contributed by atoms with van der Waals surface area (Å²) in [6.45, 7) is 8.85. The number of allylic oxidation sites excluding steroid dienone is 2. The molecule has 1 atom stereocenters. The summed E-state index contributed by atoms with van der Waals surface area (Å²) in [5.74, 6) is -2.36. The molecule has 208 valence electrons. The number of ether oxygens (including phenoxy) is 2. The smallest absolute Gasteiger partial charge is 0.336 e. The molecule has 0 amide bonds. The lowest BCUT2D eigenvalue weighted by Gasteiger charge is -2.33. The number of rotatable bonds is 10. The van der Waals surface area contributed by atoms with Crippen LogP contribution in [0.4, 0.5) is 5.69 Å². The van der Waals surface area contributed by atoms with E-state index >= 15 is 0 Å². The van der Waals surface area contributed by atoms with E-state index in [1.807, 2.05) is 39.1 Å². The number of dihydropyridines is 1. The van der Waals surface area contributed by atoms with E-state index in [1.165, 1.54) is 24.8 Å². The highest BCUT2D eigenvalue weighted by atomic mass is 35.5. The Morgan fingerprint density at radius 1 is 1.05 bits per heavy atom. The molecule has 0 saturated carbocycles. The summed E-state index contributed by atoms with van der Waals surface area (Å²) in [6.07, 6.45) is 0. The molecule has 2 aromatic carbocycles. The summed E-state index contributed by atoms with van der Waals surface area (Å²) < 4.78 is 10.8. The van der Waals surface area contributed by atoms with Gasteiger partial charge in [-0.15, -0.1) is 0 Å². The van der Waals surface area contributed by atoms with Crippen molar-refractivity contribution in [2.24, 2.45) is 5.41 Å². The predicted molar refractivity (Wildman–Crippen MR) is 149 cm³/mol. The first-order valence-electron chi connectivity index (χ1n) is 12.5. The number of nitro benzene ring substituents is 1. The molecule has 0 bridgehead atoms. The Morgan fingerprint density at radius 3 is 2.26 bits per heavy atom. The number of nitro groups is 1. The average Bonchev–Trinajstić information content (AvgIpc) is 2.86. The fourth-order valence-corrected chi connectivity index (χ4v) is 5.23. The summed E-state index contributed by atoms with van der Waals surface area (Å²) in [5.41, 5.74) is 1.85. The Labute approximate surface area is 233 Å². The van der Waals surface area contributed by atoms with Crippen LogP contribution in [0.1, 0.15) is 44.7 Å². The summed E-state index contributed by atoms with van der Waals surface area (Å²) in [7, 11) is 3.23. The molecule has 1 heterocycles. The second kappa shape index (κ2) is 12.4. The molecule has 1 aliphatic rings. The topological polar surface area (TPSA) is 111 Å². The molecule has 39 heavy (non-hydrogen) atoms. The molecular weight excluding hydrogens is 522 g/mol. The van der Waals surface area contributed by atoms with Crippen molar-refractivity contribution in [1.82, 2.24) is 10.2 Å². The molecule has 1 aliphatic heterocycles. The van der Waals surface area contributed by atoms with Gasteiger partial charge in [-0.3, -0.25) is 10.1 Å². The van der Waals surface area contributed by atoms with Gasteiger partial charge in [-0.25, -0.2) is 9.59 Å². The number of nitrogens with one attached hydrogen (secondary N) is 1. The predicted octanol–water partition coefficient (Wildman–Crippen LogP) is 5.36. The lowest BCUT2D eigenvalue weighted by Crippen LogP contribution is -2.37. The van der Waals surface area contributed by atoms with Crippen molar-refractivity contribution in [3.63, 3.8) is 0 Å². The first-order valence-corrected chi connectivity index (χ1v) is 12.8. The number of nitrogens with zero attached hydrogens (tertiary/aromatic N) is 2. The Hall–Kier alpha value is -3.69. The van der Waals surface area contributed by atoms with E-state index in [0.29, 0.717) is 17.9 Å². The number of hydrogen-bond acceptors (Lipinski definition) is 8. The Kier molecular flexibility index (Phi) is 9.53. The highest BCUT2D eigenvalue weighted by Crippen LogP contribution is 2.44. The minimum Gasteiger partial charge on any atom is -0.466 e. The molecule has 1 unspecified atom stereocenters. The molecule has 0 fully saturated rings. The number of carbonyl (C=O) groups excluding carboxylic acids is 2. The molecular formula is C29H34ClN3O6. The lowest BCUT2D eigenvalue weighted by molar-refractivity contribution is -0.384. The van der Waals surface area contributed by atoms with Crippen molar-refractivity contribution in [2.75, 3.05) is 27.3 Å². The average molecular weight is 556 g/mol. The summed E-state index contributed by atoms with van der Waals surface area (Å²) in [4.78, 5) is 39.6. The van der Waals surface area contributed by atoms with Gasteiger partial charge in [-0.05, 0) is 32.0 Å². The van der Waals surface area contributed by atoms with Gasteiger partial charge in [0.05, 0.1) is 35.7 Å². The van der Waals surface area contributed by atoms with Crippen LogP contribution in [0.3, 0.4) is 0 Å². The van der Waals surface area contributed by atoms with Gasteiger partial charge in [0, 0.05) is 36.0 Å². The van der Waals surface area contributed by atoms with Gasteiger partial charge in [0.2, 0.25) is 0 Å². The lowest BCUT2D eigenvalue weighted by atomic mass is 9.80. The van der Waals surface area contributed by atoms with Crippen LogP contribution < -0.4 is 5.32 Å². The highest BCUT2D eigenvalue weighted by molar-refractivity contribution is 6.33. The number of esters is 2. The summed E-state index contributed by atoms with van der Waals surface area (Å²) in [6, 6.07) is 14.4. The van der Waals surface area contributed by atoms with Gasteiger partial charge in [0.25, 0.3) is 5.69 Å². The van der Waals surface area contributed by atoms with Crippen molar-refractivity contribution >= 4 is 29.2 Å². The molecule has 3 rings (SSSR count). The first kappa shape index (κ1) is 29.9. The van der Waals surface area contributed by atoms with E-state index in [-0.39, 0.29) is 34.0 Å². The van der Waals surface area contributed by atoms with Crippen LogP contribution in [0.5, 0.6) is 0 Å². The van der Waals surface area contributed by atoms with Crippen LogP contribution >= 0.6 is 11.6 Å². The maximum Gasteiger partial charge on any atom is 0.336 e. The minimum absolute atomic E-state index is 0.105. The second-order valence-electron chi connectivity index (χ2n) is 10.5.